The van der Waals surface area contributed by atoms with Crippen molar-refractivity contribution in [3.63, 3.8) is 0 Å². The smallest absolute Gasteiger partial charge is 0.339 e. The Bertz CT molecular complexity index is 1160. The number of carboxylic acid groups (broad SMARTS) is 1. The average molecular weight is 483 g/mol. The summed E-state index contributed by atoms with van der Waals surface area (Å²) in [5.74, 6) is 0.134. The number of aromatic carboxylic acids is 1. The van der Waals surface area contributed by atoms with Crippen LogP contribution in [0.1, 0.15) is 120 Å². The molecule has 0 aromatic heterocycles. The second kappa shape index (κ2) is 11.3. The van der Waals surface area contributed by atoms with E-state index in [9.17, 15) is 15.0 Å². The van der Waals surface area contributed by atoms with Crippen molar-refractivity contribution in [3.05, 3.63) is 99.6 Å². The molecule has 2 aliphatic rings. The van der Waals surface area contributed by atoms with Gasteiger partial charge in [-0.1, -0.05) is 93.1 Å². The van der Waals surface area contributed by atoms with Crippen LogP contribution in [0.5, 0.6) is 5.75 Å². The molecule has 3 aromatic rings. The number of hydrogen-bond donors (Lipinski definition) is 2. The van der Waals surface area contributed by atoms with Crippen molar-refractivity contribution in [3.8, 4) is 5.75 Å². The van der Waals surface area contributed by atoms with Crippen molar-refractivity contribution >= 4 is 5.97 Å². The summed E-state index contributed by atoms with van der Waals surface area (Å²) >= 11 is 0. The monoisotopic (exact) mass is 482 g/mol. The summed E-state index contributed by atoms with van der Waals surface area (Å²) in [5.41, 5.74) is 6.67. The minimum atomic E-state index is -1.09. The van der Waals surface area contributed by atoms with Crippen molar-refractivity contribution in [1.29, 1.82) is 0 Å². The summed E-state index contributed by atoms with van der Waals surface area (Å²) in [4.78, 5) is 11.9. The normalized spacial score (nSPS) is 17.2. The second-order valence-electron chi connectivity index (χ2n) is 11.0. The molecule has 5 rings (SSSR count). The molecule has 0 spiro atoms. The summed E-state index contributed by atoms with van der Waals surface area (Å²) < 4.78 is 0. The number of aromatic hydroxyl groups is 1. The van der Waals surface area contributed by atoms with E-state index < -0.39 is 5.97 Å². The first-order valence-electron chi connectivity index (χ1n) is 13.8. The summed E-state index contributed by atoms with van der Waals surface area (Å²) in [6.45, 7) is 0. The molecule has 0 amide bonds. The summed E-state index contributed by atoms with van der Waals surface area (Å²) in [5, 5.41) is 20.5. The fourth-order valence-electron chi connectivity index (χ4n) is 6.30. The van der Waals surface area contributed by atoms with Crippen molar-refractivity contribution in [2.45, 2.75) is 88.9 Å². The predicted molar refractivity (Wildman–Crippen MR) is 145 cm³/mol. The zero-order valence-electron chi connectivity index (χ0n) is 21.2. The Balaban J connectivity index is 1.33. The number of phenols is 1. The zero-order chi connectivity index (χ0) is 24.9. The summed E-state index contributed by atoms with van der Waals surface area (Å²) in [6, 6.07) is 21.2. The molecule has 3 nitrogen and oxygen atoms in total. The van der Waals surface area contributed by atoms with Gasteiger partial charge < -0.3 is 10.2 Å². The van der Waals surface area contributed by atoms with Crippen LogP contribution in [-0.4, -0.2) is 16.2 Å². The van der Waals surface area contributed by atoms with Gasteiger partial charge in [0.1, 0.15) is 11.3 Å². The Kier molecular flexibility index (Phi) is 7.75. The van der Waals surface area contributed by atoms with E-state index >= 15 is 0 Å². The van der Waals surface area contributed by atoms with Crippen LogP contribution in [0.2, 0.25) is 0 Å². The molecule has 36 heavy (non-hydrogen) atoms. The number of hydrogen-bond acceptors (Lipinski definition) is 2. The van der Waals surface area contributed by atoms with Crippen LogP contribution in [0.3, 0.4) is 0 Å². The van der Waals surface area contributed by atoms with E-state index in [2.05, 4.69) is 48.5 Å². The maximum atomic E-state index is 11.9. The molecule has 0 unspecified atom stereocenters. The van der Waals surface area contributed by atoms with Gasteiger partial charge in [0.25, 0.3) is 0 Å². The van der Waals surface area contributed by atoms with Crippen LogP contribution >= 0.6 is 0 Å². The molecule has 0 aliphatic heterocycles. The maximum absolute atomic E-state index is 11.9. The van der Waals surface area contributed by atoms with Gasteiger partial charge in [0.15, 0.2) is 0 Å². The highest BCUT2D eigenvalue weighted by molar-refractivity contribution is 5.91. The summed E-state index contributed by atoms with van der Waals surface area (Å²) in [7, 11) is 0. The quantitative estimate of drug-likeness (QED) is 0.356. The van der Waals surface area contributed by atoms with Gasteiger partial charge in [-0.15, -0.1) is 0 Å². The largest absolute Gasteiger partial charge is 0.507 e. The van der Waals surface area contributed by atoms with E-state index in [4.69, 9.17) is 0 Å². The molecular formula is C33H38O3. The Hall–Kier alpha value is -3.07. The van der Waals surface area contributed by atoms with Crippen molar-refractivity contribution in [2.75, 3.05) is 0 Å². The third-order valence-electron chi connectivity index (χ3n) is 8.39. The van der Waals surface area contributed by atoms with Gasteiger partial charge in [0.05, 0.1) is 0 Å². The average Bonchev–Trinajstić information content (AvgIpc) is 2.92. The highest BCUT2D eigenvalue weighted by Crippen LogP contribution is 2.35. The van der Waals surface area contributed by atoms with E-state index in [1.165, 1.54) is 80.9 Å². The van der Waals surface area contributed by atoms with Gasteiger partial charge in [0, 0.05) is 6.42 Å². The lowest BCUT2D eigenvalue weighted by molar-refractivity contribution is 0.0693. The van der Waals surface area contributed by atoms with E-state index in [0.29, 0.717) is 30.2 Å². The van der Waals surface area contributed by atoms with Crippen LogP contribution < -0.4 is 0 Å². The molecule has 2 fully saturated rings. The predicted octanol–water partition coefficient (Wildman–Crippen LogP) is 8.37. The first-order valence-corrected chi connectivity index (χ1v) is 13.8. The minimum absolute atomic E-state index is 0.0137. The SMILES string of the molecule is O=C(O)c1cc(Cc2ccc(C3CCCCC3)cc2)cc(Cc2ccc(C3CCCCC3)cc2)c1O. The van der Waals surface area contributed by atoms with Crippen LogP contribution in [0.15, 0.2) is 60.7 Å². The van der Waals surface area contributed by atoms with E-state index in [1.807, 2.05) is 6.07 Å². The molecule has 2 saturated carbocycles. The standard InChI is InChI=1S/C33H38O3/c34-32-30(20-24-13-17-29(18-14-24)27-9-5-2-6-10-27)21-25(22-31(32)33(35)36)19-23-11-15-28(16-12-23)26-7-3-1-4-8-26/h11-18,21-22,26-27,34H,1-10,19-20H2,(H,35,36). The zero-order valence-corrected chi connectivity index (χ0v) is 21.2. The Labute approximate surface area is 215 Å². The third kappa shape index (κ3) is 5.83. The fraction of sp³-hybridized carbons (Fsp3) is 0.424. The highest BCUT2D eigenvalue weighted by Gasteiger charge is 2.19. The number of carboxylic acids is 1. The fourth-order valence-corrected chi connectivity index (χ4v) is 6.30. The highest BCUT2D eigenvalue weighted by atomic mass is 16.4. The maximum Gasteiger partial charge on any atom is 0.339 e. The molecule has 0 bridgehead atoms. The van der Waals surface area contributed by atoms with Gasteiger partial charge in [-0.05, 0) is 83.4 Å². The van der Waals surface area contributed by atoms with Gasteiger partial charge in [-0.2, -0.15) is 0 Å². The first-order chi connectivity index (χ1) is 17.6. The van der Waals surface area contributed by atoms with E-state index in [-0.39, 0.29) is 11.3 Å². The topological polar surface area (TPSA) is 57.5 Å². The summed E-state index contributed by atoms with van der Waals surface area (Å²) in [6.07, 6.45) is 14.3. The van der Waals surface area contributed by atoms with Crippen LogP contribution in [0.25, 0.3) is 0 Å². The Morgan fingerprint density at radius 1 is 0.639 bits per heavy atom. The van der Waals surface area contributed by atoms with E-state index in [0.717, 1.165) is 11.1 Å². The Morgan fingerprint density at radius 3 is 1.58 bits per heavy atom. The van der Waals surface area contributed by atoms with Gasteiger partial charge in [0.2, 0.25) is 0 Å². The van der Waals surface area contributed by atoms with E-state index in [1.54, 1.807) is 6.07 Å². The lowest BCUT2D eigenvalue weighted by atomic mass is 9.83. The van der Waals surface area contributed by atoms with Crippen molar-refractivity contribution < 1.29 is 15.0 Å². The first kappa shape index (κ1) is 24.6. The van der Waals surface area contributed by atoms with Crippen molar-refractivity contribution in [2.24, 2.45) is 0 Å². The molecule has 3 heteroatoms. The molecule has 0 atom stereocenters. The van der Waals surface area contributed by atoms with Gasteiger partial charge in [-0.3, -0.25) is 0 Å². The molecule has 3 aromatic carbocycles. The number of carbonyl (C=O) groups is 1. The number of benzene rings is 3. The van der Waals surface area contributed by atoms with Crippen LogP contribution in [-0.2, 0) is 12.8 Å². The lowest BCUT2D eigenvalue weighted by Crippen LogP contribution is -2.05. The molecule has 0 radical (unpaired) electrons. The molecule has 2 aliphatic carbocycles. The van der Waals surface area contributed by atoms with Crippen LogP contribution in [0, 0.1) is 0 Å². The second-order valence-corrected chi connectivity index (χ2v) is 11.0. The van der Waals surface area contributed by atoms with Crippen LogP contribution in [0.4, 0.5) is 0 Å². The third-order valence-corrected chi connectivity index (χ3v) is 8.39. The Morgan fingerprint density at radius 2 is 1.11 bits per heavy atom. The van der Waals surface area contributed by atoms with Gasteiger partial charge in [-0.25, -0.2) is 4.79 Å². The lowest BCUT2D eigenvalue weighted by Gasteiger charge is -2.22. The molecule has 188 valence electrons. The van der Waals surface area contributed by atoms with Gasteiger partial charge >= 0.3 is 5.97 Å². The number of rotatable bonds is 7. The molecular weight excluding hydrogens is 444 g/mol. The molecule has 0 heterocycles. The molecule has 2 N–H and O–H groups in total. The van der Waals surface area contributed by atoms with Crippen molar-refractivity contribution in [1.82, 2.24) is 0 Å². The minimum Gasteiger partial charge on any atom is -0.507 e. The molecule has 0 saturated heterocycles.